The number of benzene rings is 2. The smallest absolute Gasteiger partial charge is 0.416 e. The second-order valence-corrected chi connectivity index (χ2v) is 7.28. The number of rotatable bonds is 4. The Balaban J connectivity index is 1.61. The van der Waals surface area contributed by atoms with E-state index in [4.69, 9.17) is 9.26 Å². The number of aromatic nitrogens is 2. The summed E-state index contributed by atoms with van der Waals surface area (Å²) < 4.78 is 49.9. The molecule has 1 aromatic heterocycles. The molecule has 0 saturated carbocycles. The van der Waals surface area contributed by atoms with Crippen LogP contribution in [0.5, 0.6) is 5.75 Å². The van der Waals surface area contributed by atoms with Crippen molar-refractivity contribution in [2.75, 3.05) is 13.7 Å². The van der Waals surface area contributed by atoms with Crippen LogP contribution >= 0.6 is 0 Å². The van der Waals surface area contributed by atoms with Gasteiger partial charge in [0, 0.05) is 17.7 Å². The van der Waals surface area contributed by atoms with Crippen molar-refractivity contribution in [3.63, 3.8) is 0 Å². The van der Waals surface area contributed by atoms with Crippen LogP contribution in [0, 0.1) is 0 Å². The van der Waals surface area contributed by atoms with Gasteiger partial charge in [-0.15, -0.1) is 0 Å². The van der Waals surface area contributed by atoms with Gasteiger partial charge in [0.1, 0.15) is 11.8 Å². The summed E-state index contributed by atoms with van der Waals surface area (Å²) in [4.78, 5) is 19.0. The number of methoxy groups -OCH3 is 1. The Labute approximate surface area is 176 Å². The molecule has 1 aliphatic heterocycles. The van der Waals surface area contributed by atoms with Crippen molar-refractivity contribution in [3.8, 4) is 17.1 Å². The molecule has 1 unspecified atom stereocenters. The van der Waals surface area contributed by atoms with Gasteiger partial charge in [0.25, 0.3) is 5.91 Å². The SMILES string of the molecule is COc1cccc(-c2noc(C3CCCCN3C(=O)c3cccc(C(F)(F)F)c3)n2)c1. The monoisotopic (exact) mass is 431 g/mol. The fourth-order valence-electron chi connectivity index (χ4n) is 3.68. The minimum atomic E-state index is -4.52. The van der Waals surface area contributed by atoms with Crippen molar-refractivity contribution in [2.45, 2.75) is 31.5 Å². The highest BCUT2D eigenvalue weighted by atomic mass is 19.4. The second kappa shape index (κ2) is 8.41. The number of carbonyl (C=O) groups excluding carboxylic acids is 1. The highest BCUT2D eigenvalue weighted by Crippen LogP contribution is 2.34. The first kappa shape index (κ1) is 20.9. The number of hydrogen-bond acceptors (Lipinski definition) is 5. The van der Waals surface area contributed by atoms with Gasteiger partial charge in [-0.3, -0.25) is 4.79 Å². The summed E-state index contributed by atoms with van der Waals surface area (Å²) in [5.41, 5.74) is -0.180. The predicted molar refractivity (Wildman–Crippen MR) is 105 cm³/mol. The first-order valence-electron chi connectivity index (χ1n) is 9.83. The Morgan fingerprint density at radius 3 is 2.74 bits per heavy atom. The zero-order chi connectivity index (χ0) is 22.0. The van der Waals surface area contributed by atoms with Crippen molar-refractivity contribution in [1.29, 1.82) is 0 Å². The number of piperidine rings is 1. The van der Waals surface area contributed by atoms with Crippen molar-refractivity contribution in [2.24, 2.45) is 0 Å². The number of nitrogens with zero attached hydrogens (tertiary/aromatic N) is 3. The van der Waals surface area contributed by atoms with E-state index in [2.05, 4.69) is 10.1 Å². The molecule has 162 valence electrons. The van der Waals surface area contributed by atoms with Crippen LogP contribution in [-0.4, -0.2) is 34.6 Å². The Morgan fingerprint density at radius 1 is 1.16 bits per heavy atom. The number of carbonyl (C=O) groups is 1. The molecule has 1 fully saturated rings. The van der Waals surface area contributed by atoms with Gasteiger partial charge in [0.2, 0.25) is 11.7 Å². The molecule has 9 heteroatoms. The third-order valence-corrected chi connectivity index (χ3v) is 5.26. The minimum Gasteiger partial charge on any atom is -0.497 e. The van der Waals surface area contributed by atoms with Crippen LogP contribution < -0.4 is 4.74 Å². The van der Waals surface area contributed by atoms with E-state index in [0.29, 0.717) is 30.1 Å². The molecule has 1 aliphatic rings. The van der Waals surface area contributed by atoms with E-state index >= 15 is 0 Å². The molecule has 0 N–H and O–H groups in total. The van der Waals surface area contributed by atoms with Crippen molar-refractivity contribution in [3.05, 3.63) is 65.5 Å². The maximum absolute atomic E-state index is 13.1. The summed E-state index contributed by atoms with van der Waals surface area (Å²) >= 11 is 0. The Morgan fingerprint density at radius 2 is 1.97 bits per heavy atom. The predicted octanol–water partition coefficient (Wildman–Crippen LogP) is 5.13. The van der Waals surface area contributed by atoms with E-state index < -0.39 is 23.7 Å². The van der Waals surface area contributed by atoms with Gasteiger partial charge in [-0.25, -0.2) is 0 Å². The minimum absolute atomic E-state index is 0.0192. The lowest BCUT2D eigenvalue weighted by atomic mass is 10.00. The molecular formula is C22H20F3N3O3. The molecule has 2 heterocycles. The van der Waals surface area contributed by atoms with Crippen LogP contribution in [0.25, 0.3) is 11.4 Å². The summed E-state index contributed by atoms with van der Waals surface area (Å²) in [6.07, 6.45) is -2.34. The molecule has 4 rings (SSSR count). The van der Waals surface area contributed by atoms with Gasteiger partial charge in [-0.2, -0.15) is 18.2 Å². The van der Waals surface area contributed by atoms with E-state index in [-0.39, 0.29) is 11.5 Å². The molecule has 0 radical (unpaired) electrons. The Bertz CT molecular complexity index is 1080. The normalized spacial score (nSPS) is 16.9. The molecule has 1 saturated heterocycles. The van der Waals surface area contributed by atoms with Crippen LogP contribution in [-0.2, 0) is 6.18 Å². The zero-order valence-corrected chi connectivity index (χ0v) is 16.7. The van der Waals surface area contributed by atoms with Gasteiger partial charge in [-0.1, -0.05) is 23.4 Å². The molecule has 2 aromatic carbocycles. The summed E-state index contributed by atoms with van der Waals surface area (Å²) in [6, 6.07) is 11.1. The highest BCUT2D eigenvalue weighted by Gasteiger charge is 2.35. The van der Waals surface area contributed by atoms with Crippen molar-refractivity contribution < 1.29 is 27.2 Å². The third-order valence-electron chi connectivity index (χ3n) is 5.26. The molecule has 0 bridgehead atoms. The Kier molecular flexibility index (Phi) is 5.67. The van der Waals surface area contributed by atoms with Crippen LogP contribution in [0.1, 0.15) is 47.1 Å². The molecule has 31 heavy (non-hydrogen) atoms. The zero-order valence-electron chi connectivity index (χ0n) is 16.7. The van der Waals surface area contributed by atoms with Crippen LogP contribution in [0.2, 0.25) is 0 Å². The first-order chi connectivity index (χ1) is 14.9. The fourth-order valence-corrected chi connectivity index (χ4v) is 3.68. The van der Waals surface area contributed by atoms with E-state index in [0.717, 1.165) is 25.0 Å². The number of hydrogen-bond donors (Lipinski definition) is 0. The van der Waals surface area contributed by atoms with Gasteiger partial charge in [0.15, 0.2) is 0 Å². The number of halogens is 3. The van der Waals surface area contributed by atoms with Gasteiger partial charge in [0.05, 0.1) is 12.7 Å². The summed E-state index contributed by atoms with van der Waals surface area (Å²) in [5.74, 6) is 0.767. The Hall–Kier alpha value is -3.36. The lowest BCUT2D eigenvalue weighted by Gasteiger charge is -2.33. The second-order valence-electron chi connectivity index (χ2n) is 7.28. The lowest BCUT2D eigenvalue weighted by Crippen LogP contribution is -2.38. The van der Waals surface area contributed by atoms with Gasteiger partial charge in [-0.05, 0) is 49.6 Å². The number of alkyl halides is 3. The van der Waals surface area contributed by atoms with Crippen molar-refractivity contribution >= 4 is 5.91 Å². The van der Waals surface area contributed by atoms with E-state index in [1.165, 1.54) is 17.0 Å². The van der Waals surface area contributed by atoms with Crippen LogP contribution in [0.15, 0.2) is 53.1 Å². The van der Waals surface area contributed by atoms with E-state index in [1.54, 1.807) is 25.3 Å². The topological polar surface area (TPSA) is 68.5 Å². The summed E-state index contributed by atoms with van der Waals surface area (Å²) in [5, 5.41) is 4.02. The number of likely N-dealkylation sites (tertiary alicyclic amines) is 1. The maximum atomic E-state index is 13.1. The molecule has 1 amide bonds. The number of amides is 1. The fraction of sp³-hybridized carbons (Fsp3) is 0.318. The standard InChI is InChI=1S/C22H20F3N3O3/c1-30-17-9-5-6-14(13-17)19-26-20(31-27-19)18-10-2-3-11-28(18)21(29)15-7-4-8-16(12-15)22(23,24)25/h4-9,12-13,18H,2-3,10-11H2,1H3. The number of ether oxygens (including phenoxy) is 1. The van der Waals surface area contributed by atoms with E-state index in [9.17, 15) is 18.0 Å². The highest BCUT2D eigenvalue weighted by molar-refractivity contribution is 5.94. The molecule has 3 aromatic rings. The quantitative estimate of drug-likeness (QED) is 0.573. The average Bonchev–Trinajstić information content (AvgIpc) is 3.28. The van der Waals surface area contributed by atoms with Gasteiger partial charge >= 0.3 is 6.18 Å². The van der Waals surface area contributed by atoms with Crippen LogP contribution in [0.4, 0.5) is 13.2 Å². The molecular weight excluding hydrogens is 411 g/mol. The lowest BCUT2D eigenvalue weighted by molar-refractivity contribution is -0.137. The summed E-state index contributed by atoms with van der Waals surface area (Å²) in [7, 11) is 1.56. The molecule has 0 spiro atoms. The largest absolute Gasteiger partial charge is 0.497 e. The molecule has 1 atom stereocenters. The van der Waals surface area contributed by atoms with Crippen LogP contribution in [0.3, 0.4) is 0 Å². The van der Waals surface area contributed by atoms with Crippen molar-refractivity contribution in [1.82, 2.24) is 15.0 Å². The van der Waals surface area contributed by atoms with E-state index in [1.807, 2.05) is 6.07 Å². The molecule has 6 nitrogen and oxygen atoms in total. The van der Waals surface area contributed by atoms with Gasteiger partial charge < -0.3 is 14.2 Å². The summed E-state index contributed by atoms with van der Waals surface area (Å²) in [6.45, 7) is 0.399. The maximum Gasteiger partial charge on any atom is 0.416 e. The first-order valence-corrected chi connectivity index (χ1v) is 9.83. The molecule has 0 aliphatic carbocycles. The third kappa shape index (κ3) is 4.40. The average molecular weight is 431 g/mol.